The molecule has 0 fully saturated rings. The molecule has 0 aliphatic heterocycles. The minimum absolute atomic E-state index is 0.472. The molecule has 3 rings (SSSR count). The molecule has 0 atom stereocenters. The number of hydrogen-bond donors (Lipinski definition) is 1. The first kappa shape index (κ1) is 12.9. The summed E-state index contributed by atoms with van der Waals surface area (Å²) in [7, 11) is 4.04. The Hall–Kier alpha value is -2.06. The fourth-order valence-electron chi connectivity index (χ4n) is 2.70. The lowest BCUT2D eigenvalue weighted by molar-refractivity contribution is 0.388. The van der Waals surface area contributed by atoms with E-state index in [1.807, 2.05) is 26.2 Å². The molecule has 0 amide bonds. The van der Waals surface area contributed by atoms with Gasteiger partial charge in [-0.15, -0.1) is 0 Å². The van der Waals surface area contributed by atoms with Gasteiger partial charge >= 0.3 is 0 Å². The van der Waals surface area contributed by atoms with Crippen molar-refractivity contribution in [3.63, 3.8) is 0 Å². The maximum atomic E-state index is 10.4. The maximum absolute atomic E-state index is 10.4. The monoisotopic (exact) mass is 265 g/mol. The molecule has 1 N–H and O–H groups in total. The molecule has 2 aromatic rings. The first-order valence-electron chi connectivity index (χ1n) is 6.94. The summed E-state index contributed by atoms with van der Waals surface area (Å²) in [6, 6.07) is 14.5. The Morgan fingerprint density at radius 1 is 1.00 bits per heavy atom. The molecule has 102 valence electrons. The quantitative estimate of drug-likeness (QED) is 0.784. The highest BCUT2D eigenvalue weighted by molar-refractivity contribution is 5.83. The lowest BCUT2D eigenvalue weighted by Gasteiger charge is -2.08. The van der Waals surface area contributed by atoms with Gasteiger partial charge in [0.25, 0.3) is 0 Å². The Bertz CT molecular complexity index is 759. The second-order valence-corrected chi connectivity index (χ2v) is 5.50. The van der Waals surface area contributed by atoms with E-state index in [2.05, 4.69) is 41.3 Å². The Morgan fingerprint density at radius 3 is 2.55 bits per heavy atom. The van der Waals surface area contributed by atoms with E-state index < -0.39 is 0 Å². The van der Waals surface area contributed by atoms with Crippen LogP contribution in [-0.2, 0) is 0 Å². The highest BCUT2D eigenvalue weighted by Crippen LogP contribution is 2.24. The first-order chi connectivity index (χ1) is 9.66. The van der Waals surface area contributed by atoms with Crippen molar-refractivity contribution in [2.45, 2.75) is 6.42 Å². The van der Waals surface area contributed by atoms with Crippen LogP contribution in [0.2, 0.25) is 0 Å². The molecule has 2 heteroatoms. The minimum atomic E-state index is 0.472. The van der Waals surface area contributed by atoms with E-state index in [0.717, 1.165) is 17.0 Å². The van der Waals surface area contributed by atoms with Crippen molar-refractivity contribution in [2.24, 2.45) is 0 Å². The summed E-state index contributed by atoms with van der Waals surface area (Å²) in [5.74, 6) is 0.472. The minimum Gasteiger partial charge on any atom is -0.512 e. The summed E-state index contributed by atoms with van der Waals surface area (Å²) in [6.45, 7) is 0.850. The summed E-state index contributed by atoms with van der Waals surface area (Å²) in [5, 5.41) is 12.5. The SMILES string of the molecule is CN(C)CCC(O)=c1cccc2c1=Cc1ccccc1-2. The molecule has 0 heterocycles. The van der Waals surface area contributed by atoms with Gasteiger partial charge in [-0.1, -0.05) is 42.5 Å². The standard InChI is InChI=1S/C18H19NO/c1-19(2)11-10-18(20)16-9-5-8-15-14-7-4-3-6-13(14)12-17(15)16/h3-9,12,20H,10-11H2,1-2H3. The second-order valence-electron chi connectivity index (χ2n) is 5.50. The molecule has 2 nitrogen and oxygen atoms in total. The van der Waals surface area contributed by atoms with E-state index in [9.17, 15) is 5.11 Å². The fraction of sp³-hybridized carbons (Fsp3) is 0.222. The molecule has 0 aromatic heterocycles. The molecular weight excluding hydrogens is 246 g/mol. The van der Waals surface area contributed by atoms with Crippen molar-refractivity contribution in [1.82, 2.24) is 4.90 Å². The molecule has 0 spiro atoms. The molecule has 1 aliphatic carbocycles. The highest BCUT2D eigenvalue weighted by atomic mass is 16.3. The number of nitrogens with zero attached hydrogens (tertiary/aromatic N) is 1. The van der Waals surface area contributed by atoms with Gasteiger partial charge in [0.1, 0.15) is 5.76 Å². The van der Waals surface area contributed by atoms with Crippen molar-refractivity contribution in [2.75, 3.05) is 20.6 Å². The molecule has 1 aliphatic rings. The third-order valence-corrected chi connectivity index (χ3v) is 3.76. The molecule has 0 saturated carbocycles. The van der Waals surface area contributed by atoms with Crippen molar-refractivity contribution in [3.8, 4) is 11.1 Å². The summed E-state index contributed by atoms with van der Waals surface area (Å²) in [5.41, 5.74) is 3.70. The van der Waals surface area contributed by atoms with E-state index in [0.29, 0.717) is 12.2 Å². The van der Waals surface area contributed by atoms with Gasteiger partial charge in [0.05, 0.1) is 0 Å². The maximum Gasteiger partial charge on any atom is 0.101 e. The van der Waals surface area contributed by atoms with Crippen molar-refractivity contribution in [3.05, 3.63) is 58.5 Å². The van der Waals surface area contributed by atoms with Crippen LogP contribution in [0.1, 0.15) is 12.0 Å². The molecule has 0 saturated heterocycles. The number of benzene rings is 2. The predicted molar refractivity (Wildman–Crippen MR) is 83.9 cm³/mol. The van der Waals surface area contributed by atoms with Crippen molar-refractivity contribution >= 4 is 11.8 Å². The lowest BCUT2D eigenvalue weighted by Crippen LogP contribution is -2.28. The van der Waals surface area contributed by atoms with E-state index in [4.69, 9.17) is 0 Å². The zero-order valence-corrected chi connectivity index (χ0v) is 11.9. The number of rotatable bonds is 3. The van der Waals surface area contributed by atoms with Gasteiger partial charge in [-0.05, 0) is 42.1 Å². The third-order valence-electron chi connectivity index (χ3n) is 3.76. The van der Waals surface area contributed by atoms with E-state index >= 15 is 0 Å². The van der Waals surface area contributed by atoms with Crippen LogP contribution in [0.5, 0.6) is 0 Å². The average Bonchev–Trinajstić information content (AvgIpc) is 2.83. The van der Waals surface area contributed by atoms with Gasteiger partial charge in [-0.3, -0.25) is 0 Å². The Balaban J connectivity index is 2.15. The van der Waals surface area contributed by atoms with Crippen LogP contribution in [0.15, 0.2) is 42.5 Å². The Morgan fingerprint density at radius 2 is 1.75 bits per heavy atom. The smallest absolute Gasteiger partial charge is 0.101 e. The molecule has 2 aromatic carbocycles. The molecular formula is C18H19NO. The van der Waals surface area contributed by atoms with Crippen molar-refractivity contribution < 1.29 is 5.11 Å². The normalized spacial score (nSPS) is 13.8. The van der Waals surface area contributed by atoms with Crippen LogP contribution in [-0.4, -0.2) is 30.6 Å². The predicted octanol–water partition coefficient (Wildman–Crippen LogP) is 2.11. The van der Waals surface area contributed by atoms with Crippen molar-refractivity contribution in [1.29, 1.82) is 0 Å². The highest BCUT2D eigenvalue weighted by Gasteiger charge is 2.12. The third kappa shape index (κ3) is 2.23. The van der Waals surface area contributed by atoms with E-state index in [1.165, 1.54) is 16.7 Å². The number of aliphatic hydroxyl groups is 1. The van der Waals surface area contributed by atoms with Crippen LogP contribution in [0.25, 0.3) is 23.0 Å². The molecule has 20 heavy (non-hydrogen) atoms. The van der Waals surface area contributed by atoms with Crippen LogP contribution in [0.3, 0.4) is 0 Å². The van der Waals surface area contributed by atoms with Gasteiger partial charge in [0, 0.05) is 18.2 Å². The zero-order valence-electron chi connectivity index (χ0n) is 11.9. The summed E-state index contributed by atoms with van der Waals surface area (Å²) in [4.78, 5) is 2.08. The molecule has 0 unspecified atom stereocenters. The summed E-state index contributed by atoms with van der Waals surface area (Å²) in [6.07, 6.45) is 2.85. The molecule has 0 bridgehead atoms. The zero-order chi connectivity index (χ0) is 14.1. The van der Waals surface area contributed by atoms with E-state index in [1.54, 1.807) is 0 Å². The van der Waals surface area contributed by atoms with Gasteiger partial charge in [-0.25, -0.2) is 0 Å². The van der Waals surface area contributed by atoms with Gasteiger partial charge in [0.15, 0.2) is 0 Å². The Kier molecular flexibility index (Phi) is 3.33. The second kappa shape index (κ2) is 5.14. The van der Waals surface area contributed by atoms with Crippen LogP contribution in [0, 0.1) is 0 Å². The topological polar surface area (TPSA) is 23.5 Å². The van der Waals surface area contributed by atoms with E-state index in [-0.39, 0.29) is 0 Å². The Labute approximate surface area is 119 Å². The number of aliphatic hydroxyl groups excluding tert-OH is 1. The number of fused-ring (bicyclic) bond motifs is 3. The summed E-state index contributed by atoms with van der Waals surface area (Å²) >= 11 is 0. The van der Waals surface area contributed by atoms with Gasteiger partial charge < -0.3 is 10.0 Å². The first-order valence-corrected chi connectivity index (χ1v) is 6.94. The van der Waals surface area contributed by atoms with Crippen LogP contribution >= 0.6 is 0 Å². The van der Waals surface area contributed by atoms with Gasteiger partial charge in [0.2, 0.25) is 0 Å². The fourth-order valence-corrected chi connectivity index (χ4v) is 2.70. The molecule has 0 radical (unpaired) electrons. The largest absolute Gasteiger partial charge is 0.512 e. The summed E-state index contributed by atoms with van der Waals surface area (Å²) < 4.78 is 0. The number of hydrogen-bond acceptors (Lipinski definition) is 2. The average molecular weight is 265 g/mol. The van der Waals surface area contributed by atoms with Gasteiger partial charge in [-0.2, -0.15) is 0 Å². The lowest BCUT2D eigenvalue weighted by atomic mass is 10.0. The van der Waals surface area contributed by atoms with Crippen LogP contribution < -0.4 is 10.4 Å². The van der Waals surface area contributed by atoms with Crippen LogP contribution in [0.4, 0.5) is 0 Å².